The van der Waals surface area contributed by atoms with Crippen molar-refractivity contribution >= 4 is 11.9 Å². The lowest BCUT2D eigenvalue weighted by Gasteiger charge is -2.47. The third-order valence-electron chi connectivity index (χ3n) is 6.75. The van der Waals surface area contributed by atoms with Crippen molar-refractivity contribution < 1.29 is 28.5 Å². The van der Waals surface area contributed by atoms with Gasteiger partial charge >= 0.3 is 5.97 Å². The number of nitrogens with one attached hydrogen (secondary N) is 2. The zero-order chi connectivity index (χ0) is 28.2. The van der Waals surface area contributed by atoms with E-state index in [0.29, 0.717) is 26.4 Å². The number of amides is 1. The van der Waals surface area contributed by atoms with Gasteiger partial charge in [-0.1, -0.05) is 91.0 Å². The van der Waals surface area contributed by atoms with E-state index < -0.39 is 30.3 Å². The van der Waals surface area contributed by atoms with Crippen molar-refractivity contribution in [2.75, 3.05) is 13.2 Å². The molecule has 0 saturated carbocycles. The molecule has 5 atom stereocenters. The van der Waals surface area contributed by atoms with Crippen LogP contribution in [0.15, 0.2) is 91.0 Å². The highest BCUT2D eigenvalue weighted by molar-refractivity contribution is 5.73. The zero-order valence-corrected chi connectivity index (χ0v) is 23.0. The molecule has 40 heavy (non-hydrogen) atoms. The van der Waals surface area contributed by atoms with E-state index in [9.17, 15) is 9.59 Å². The molecular formula is C32H38N2O6. The van der Waals surface area contributed by atoms with E-state index in [1.54, 1.807) is 0 Å². The molecule has 1 saturated heterocycles. The van der Waals surface area contributed by atoms with Gasteiger partial charge in [0.15, 0.2) is 0 Å². The lowest BCUT2D eigenvalue weighted by Crippen LogP contribution is -2.72. The number of carbonyl (C=O) groups is 2. The molecule has 0 bridgehead atoms. The number of rotatable bonds is 13. The molecule has 3 aromatic rings. The largest absolute Gasteiger partial charge is 0.464 e. The monoisotopic (exact) mass is 546 g/mol. The smallest absolute Gasteiger partial charge is 0.302 e. The van der Waals surface area contributed by atoms with Gasteiger partial charge in [-0.15, -0.1) is 0 Å². The Kier molecular flexibility index (Phi) is 11.2. The van der Waals surface area contributed by atoms with Gasteiger partial charge in [-0.05, 0) is 16.7 Å². The van der Waals surface area contributed by atoms with Gasteiger partial charge in [0.1, 0.15) is 18.8 Å². The number of hydrogen-bond acceptors (Lipinski definition) is 7. The summed E-state index contributed by atoms with van der Waals surface area (Å²) < 4.78 is 24.6. The highest BCUT2D eigenvalue weighted by Gasteiger charge is 2.47. The van der Waals surface area contributed by atoms with Gasteiger partial charge in [0, 0.05) is 13.8 Å². The zero-order valence-electron chi connectivity index (χ0n) is 23.0. The minimum atomic E-state index is -0.556. The molecule has 0 radical (unpaired) electrons. The average Bonchev–Trinajstić information content (AvgIpc) is 2.96. The molecular weight excluding hydrogens is 508 g/mol. The predicted molar refractivity (Wildman–Crippen MR) is 151 cm³/mol. The Bertz CT molecular complexity index is 1180. The molecule has 1 amide bonds. The molecule has 0 aromatic heterocycles. The van der Waals surface area contributed by atoms with E-state index in [4.69, 9.17) is 18.9 Å². The first kappa shape index (κ1) is 29.4. The SMILES string of the molecule is CC(=O)NC1C(COC(C)=O)NC(COCc2ccccc2)C(OCc2ccccc2)C1OCc1ccccc1. The van der Waals surface area contributed by atoms with Crippen molar-refractivity contribution in [3.8, 4) is 0 Å². The molecule has 3 aromatic carbocycles. The van der Waals surface area contributed by atoms with Crippen LogP contribution in [0.4, 0.5) is 0 Å². The Morgan fingerprint density at radius 2 is 1.18 bits per heavy atom. The van der Waals surface area contributed by atoms with Crippen molar-refractivity contribution in [3.05, 3.63) is 108 Å². The van der Waals surface area contributed by atoms with E-state index in [2.05, 4.69) is 10.6 Å². The molecule has 1 aliphatic heterocycles. The van der Waals surface area contributed by atoms with Crippen LogP contribution in [0.5, 0.6) is 0 Å². The lowest BCUT2D eigenvalue weighted by molar-refractivity contribution is -0.158. The number of esters is 1. The fraction of sp³-hybridized carbons (Fsp3) is 0.375. The summed E-state index contributed by atoms with van der Waals surface area (Å²) in [6, 6.07) is 28.5. The fourth-order valence-corrected chi connectivity index (χ4v) is 4.88. The first-order valence-electron chi connectivity index (χ1n) is 13.6. The van der Waals surface area contributed by atoms with Crippen molar-refractivity contribution in [2.24, 2.45) is 0 Å². The van der Waals surface area contributed by atoms with Crippen molar-refractivity contribution in [1.82, 2.24) is 10.6 Å². The standard InChI is InChI=1S/C32H38N2O6/c1-23(35)33-30-28(22-38-24(2)36)34-29(21-37-18-25-12-6-3-7-13-25)31(39-19-26-14-8-4-9-15-26)32(30)40-20-27-16-10-5-11-17-27/h3-17,28-32,34H,18-22H2,1-2H3,(H,33,35). The van der Waals surface area contributed by atoms with Crippen LogP contribution in [-0.2, 0) is 48.4 Å². The van der Waals surface area contributed by atoms with E-state index in [1.807, 2.05) is 91.0 Å². The number of hydrogen-bond donors (Lipinski definition) is 2. The van der Waals surface area contributed by atoms with Crippen molar-refractivity contribution in [2.45, 2.75) is 64.0 Å². The summed E-state index contributed by atoms with van der Waals surface area (Å²) in [7, 11) is 0. The predicted octanol–water partition coefficient (Wildman–Crippen LogP) is 3.78. The maximum atomic E-state index is 12.3. The number of ether oxygens (including phenoxy) is 4. The van der Waals surface area contributed by atoms with Gasteiger partial charge in [-0.2, -0.15) is 0 Å². The minimum absolute atomic E-state index is 0.0616. The van der Waals surface area contributed by atoms with Gasteiger partial charge in [-0.25, -0.2) is 0 Å². The second-order valence-corrected chi connectivity index (χ2v) is 9.93. The second-order valence-electron chi connectivity index (χ2n) is 9.93. The van der Waals surface area contributed by atoms with E-state index in [-0.39, 0.29) is 18.6 Å². The normalized spacial score (nSPS) is 22.4. The maximum Gasteiger partial charge on any atom is 0.302 e. The molecule has 0 spiro atoms. The molecule has 0 aliphatic carbocycles. The molecule has 5 unspecified atom stereocenters. The molecule has 4 rings (SSSR count). The number of piperidine rings is 1. The highest BCUT2D eigenvalue weighted by Crippen LogP contribution is 2.25. The molecule has 1 aliphatic rings. The molecule has 1 heterocycles. The highest BCUT2D eigenvalue weighted by atomic mass is 16.5. The van der Waals surface area contributed by atoms with E-state index >= 15 is 0 Å². The quantitative estimate of drug-likeness (QED) is 0.315. The Morgan fingerprint density at radius 1 is 0.675 bits per heavy atom. The van der Waals surface area contributed by atoms with Crippen LogP contribution < -0.4 is 10.6 Å². The van der Waals surface area contributed by atoms with Crippen LogP contribution in [0.25, 0.3) is 0 Å². The van der Waals surface area contributed by atoms with Gasteiger partial charge in [0.2, 0.25) is 5.91 Å². The topological polar surface area (TPSA) is 95.1 Å². The van der Waals surface area contributed by atoms with Gasteiger partial charge in [-0.3, -0.25) is 9.59 Å². The first-order valence-corrected chi connectivity index (χ1v) is 13.6. The van der Waals surface area contributed by atoms with Gasteiger partial charge < -0.3 is 29.6 Å². The molecule has 212 valence electrons. The van der Waals surface area contributed by atoms with Crippen molar-refractivity contribution in [1.29, 1.82) is 0 Å². The van der Waals surface area contributed by atoms with Crippen LogP contribution in [0.1, 0.15) is 30.5 Å². The Labute approximate surface area is 236 Å². The van der Waals surface area contributed by atoms with E-state index in [0.717, 1.165) is 16.7 Å². The third-order valence-corrected chi connectivity index (χ3v) is 6.75. The minimum Gasteiger partial charge on any atom is -0.464 e. The molecule has 8 nitrogen and oxygen atoms in total. The van der Waals surface area contributed by atoms with Gasteiger partial charge in [0.25, 0.3) is 0 Å². The summed E-state index contributed by atoms with van der Waals surface area (Å²) in [5.41, 5.74) is 3.08. The summed E-state index contributed by atoms with van der Waals surface area (Å²) in [5.74, 6) is -0.613. The summed E-state index contributed by atoms with van der Waals surface area (Å²) >= 11 is 0. The number of carbonyl (C=O) groups excluding carboxylic acids is 2. The van der Waals surface area contributed by atoms with Crippen LogP contribution in [-0.4, -0.2) is 55.4 Å². The summed E-state index contributed by atoms with van der Waals surface area (Å²) in [6.45, 7) is 4.33. The summed E-state index contributed by atoms with van der Waals surface area (Å²) in [4.78, 5) is 24.1. The van der Waals surface area contributed by atoms with Crippen molar-refractivity contribution in [3.63, 3.8) is 0 Å². The van der Waals surface area contributed by atoms with Crippen LogP contribution >= 0.6 is 0 Å². The Balaban J connectivity index is 1.60. The first-order chi connectivity index (χ1) is 19.5. The van der Waals surface area contributed by atoms with E-state index in [1.165, 1.54) is 13.8 Å². The molecule has 2 N–H and O–H groups in total. The molecule has 1 fully saturated rings. The third kappa shape index (κ3) is 8.99. The van der Waals surface area contributed by atoms with Crippen LogP contribution in [0, 0.1) is 0 Å². The Hall–Kier alpha value is -3.56. The fourth-order valence-electron chi connectivity index (χ4n) is 4.88. The second kappa shape index (κ2) is 15.3. The summed E-state index contributed by atoms with van der Waals surface area (Å²) in [5, 5.41) is 6.58. The average molecular weight is 547 g/mol. The molecule has 8 heteroatoms. The van der Waals surface area contributed by atoms with Crippen LogP contribution in [0.2, 0.25) is 0 Å². The lowest BCUT2D eigenvalue weighted by atomic mass is 9.87. The maximum absolute atomic E-state index is 12.3. The van der Waals surface area contributed by atoms with Gasteiger partial charge in [0.05, 0.1) is 44.6 Å². The van der Waals surface area contributed by atoms with Crippen LogP contribution in [0.3, 0.4) is 0 Å². The summed E-state index contributed by atoms with van der Waals surface area (Å²) in [6.07, 6.45) is -1.04. The number of benzene rings is 3. The Morgan fingerprint density at radius 3 is 1.68 bits per heavy atom.